The first-order valence-electron chi connectivity index (χ1n) is 7.00. The Morgan fingerprint density at radius 2 is 2.00 bits per heavy atom. The van der Waals surface area contributed by atoms with E-state index >= 15 is 0 Å². The smallest absolute Gasteiger partial charge is 0.408 e. The molecule has 0 heterocycles. The molecule has 1 rings (SSSR count). The maximum atomic E-state index is 11.8. The predicted octanol–water partition coefficient (Wildman–Crippen LogP) is 3.16. The number of carbonyl (C=O) groups excluding carboxylic acids is 1. The minimum atomic E-state index is -0.400. The van der Waals surface area contributed by atoms with Gasteiger partial charge in [-0.15, -0.1) is 0 Å². The minimum Gasteiger partial charge on any atom is -0.442 e. The summed E-state index contributed by atoms with van der Waals surface area (Å²) in [7, 11) is 0. The second kappa shape index (κ2) is 6.75. The van der Waals surface area contributed by atoms with Crippen LogP contribution >= 0.6 is 0 Å². The van der Waals surface area contributed by atoms with Crippen LogP contribution in [0.25, 0.3) is 0 Å². The van der Waals surface area contributed by atoms with Gasteiger partial charge in [-0.05, 0) is 52.2 Å². The van der Waals surface area contributed by atoms with E-state index < -0.39 is 6.09 Å². The van der Waals surface area contributed by atoms with Crippen molar-refractivity contribution in [1.29, 1.82) is 0 Å². The van der Waals surface area contributed by atoms with Gasteiger partial charge in [0.05, 0.1) is 0 Å². The molecule has 1 aromatic carbocycles. The molecule has 0 aliphatic rings. The molecular formula is C16H26N2O2. The molecule has 2 unspecified atom stereocenters. The van der Waals surface area contributed by atoms with E-state index in [0.717, 1.165) is 17.5 Å². The van der Waals surface area contributed by atoms with Gasteiger partial charge in [0, 0.05) is 11.6 Å². The molecule has 1 amide bonds. The molecule has 0 radical (unpaired) electrons. The van der Waals surface area contributed by atoms with Crippen molar-refractivity contribution >= 4 is 6.09 Å². The highest BCUT2D eigenvalue weighted by Crippen LogP contribution is 2.19. The Balaban J connectivity index is 2.67. The number of nitrogens with one attached hydrogen (secondary N) is 1. The maximum absolute atomic E-state index is 11.8. The zero-order valence-electron chi connectivity index (χ0n) is 13.1. The average Bonchev–Trinajstić information content (AvgIpc) is 2.25. The quantitative estimate of drug-likeness (QED) is 0.889. The van der Waals surface area contributed by atoms with Crippen molar-refractivity contribution in [2.24, 2.45) is 5.73 Å². The van der Waals surface area contributed by atoms with E-state index in [1.54, 1.807) is 0 Å². The Kier molecular flexibility index (Phi) is 5.57. The van der Waals surface area contributed by atoms with Gasteiger partial charge in [-0.2, -0.15) is 0 Å². The lowest BCUT2D eigenvalue weighted by molar-refractivity contribution is 0.1000. The number of amides is 1. The van der Waals surface area contributed by atoms with Crippen molar-refractivity contribution in [3.05, 3.63) is 35.4 Å². The summed E-state index contributed by atoms with van der Waals surface area (Å²) in [6, 6.07) is 8.12. The summed E-state index contributed by atoms with van der Waals surface area (Å²) in [5.41, 5.74) is 7.64. The van der Waals surface area contributed by atoms with Gasteiger partial charge in [0.2, 0.25) is 0 Å². The molecule has 3 N–H and O–H groups in total. The number of hydrogen-bond donors (Lipinski definition) is 2. The number of carbonyl (C=O) groups is 1. The first-order valence-corrected chi connectivity index (χ1v) is 7.00. The average molecular weight is 278 g/mol. The van der Waals surface area contributed by atoms with Crippen LogP contribution in [-0.2, 0) is 11.2 Å². The summed E-state index contributed by atoms with van der Waals surface area (Å²) in [4.78, 5) is 11.8. The molecule has 2 atom stereocenters. The molecule has 4 nitrogen and oxygen atoms in total. The SMILES string of the molecule is CC(N)Cc1cccc(C(C)OC(=O)NC(C)(C)C)c1. The third-order valence-corrected chi connectivity index (χ3v) is 2.74. The molecule has 4 heteroatoms. The highest BCUT2D eigenvalue weighted by Gasteiger charge is 2.17. The molecule has 0 bridgehead atoms. The van der Waals surface area contributed by atoms with Crippen LogP contribution < -0.4 is 11.1 Å². The van der Waals surface area contributed by atoms with Crippen LogP contribution in [0.2, 0.25) is 0 Å². The van der Waals surface area contributed by atoms with Gasteiger partial charge in [-0.25, -0.2) is 4.79 Å². The van der Waals surface area contributed by atoms with Crippen molar-refractivity contribution in [3.63, 3.8) is 0 Å². The Morgan fingerprint density at radius 3 is 2.55 bits per heavy atom. The van der Waals surface area contributed by atoms with Gasteiger partial charge >= 0.3 is 6.09 Å². The maximum Gasteiger partial charge on any atom is 0.408 e. The Hall–Kier alpha value is -1.55. The van der Waals surface area contributed by atoms with Gasteiger partial charge in [0.15, 0.2) is 0 Å². The number of nitrogens with two attached hydrogens (primary N) is 1. The minimum absolute atomic E-state index is 0.116. The van der Waals surface area contributed by atoms with E-state index in [1.807, 2.05) is 58.9 Å². The monoisotopic (exact) mass is 278 g/mol. The van der Waals surface area contributed by atoms with E-state index in [2.05, 4.69) is 5.32 Å². The number of rotatable bonds is 4. The van der Waals surface area contributed by atoms with Crippen LogP contribution in [0.1, 0.15) is 51.8 Å². The van der Waals surface area contributed by atoms with Gasteiger partial charge in [-0.3, -0.25) is 0 Å². The topological polar surface area (TPSA) is 64.3 Å². The first kappa shape index (κ1) is 16.5. The molecular weight excluding hydrogens is 252 g/mol. The molecule has 1 aromatic rings. The summed E-state index contributed by atoms with van der Waals surface area (Å²) >= 11 is 0. The van der Waals surface area contributed by atoms with E-state index in [0.29, 0.717) is 0 Å². The molecule has 0 saturated heterocycles. The highest BCUT2D eigenvalue weighted by molar-refractivity contribution is 5.68. The third-order valence-electron chi connectivity index (χ3n) is 2.74. The zero-order chi connectivity index (χ0) is 15.3. The van der Waals surface area contributed by atoms with Crippen LogP contribution in [-0.4, -0.2) is 17.7 Å². The van der Waals surface area contributed by atoms with Crippen LogP contribution in [0.15, 0.2) is 24.3 Å². The molecule has 20 heavy (non-hydrogen) atoms. The summed E-state index contributed by atoms with van der Waals surface area (Å²) in [5.74, 6) is 0. The fraction of sp³-hybridized carbons (Fsp3) is 0.562. The van der Waals surface area contributed by atoms with Crippen LogP contribution in [0.4, 0.5) is 4.79 Å². The van der Waals surface area contributed by atoms with Gasteiger partial charge in [0.25, 0.3) is 0 Å². The zero-order valence-corrected chi connectivity index (χ0v) is 13.1. The number of alkyl carbamates (subject to hydrolysis) is 1. The number of hydrogen-bond acceptors (Lipinski definition) is 3. The van der Waals surface area contributed by atoms with Gasteiger partial charge in [0.1, 0.15) is 6.10 Å². The van der Waals surface area contributed by atoms with E-state index in [1.165, 1.54) is 0 Å². The van der Waals surface area contributed by atoms with Crippen molar-refractivity contribution < 1.29 is 9.53 Å². The summed E-state index contributed by atoms with van der Waals surface area (Å²) in [6.07, 6.45) is 0.127. The summed E-state index contributed by atoms with van der Waals surface area (Å²) in [6.45, 7) is 9.60. The standard InChI is InChI=1S/C16H26N2O2/c1-11(17)9-13-7-6-8-14(10-13)12(2)20-15(19)18-16(3,4)5/h6-8,10-12H,9,17H2,1-5H3,(H,18,19). The fourth-order valence-corrected chi connectivity index (χ4v) is 1.91. The second-order valence-corrected chi connectivity index (χ2v) is 6.35. The summed E-state index contributed by atoms with van der Waals surface area (Å²) in [5, 5.41) is 2.79. The van der Waals surface area contributed by atoms with E-state index in [-0.39, 0.29) is 17.7 Å². The van der Waals surface area contributed by atoms with Crippen molar-refractivity contribution in [1.82, 2.24) is 5.32 Å². The fourth-order valence-electron chi connectivity index (χ4n) is 1.91. The van der Waals surface area contributed by atoms with Gasteiger partial charge in [-0.1, -0.05) is 24.3 Å². The third kappa shape index (κ3) is 6.06. The number of benzene rings is 1. The van der Waals surface area contributed by atoms with E-state index in [9.17, 15) is 4.79 Å². The second-order valence-electron chi connectivity index (χ2n) is 6.35. The van der Waals surface area contributed by atoms with Crippen molar-refractivity contribution in [2.75, 3.05) is 0 Å². The predicted molar refractivity (Wildman–Crippen MR) is 81.6 cm³/mol. The molecule has 0 aromatic heterocycles. The Labute approximate surface area is 121 Å². The lowest BCUT2D eigenvalue weighted by Crippen LogP contribution is -2.41. The molecule has 0 spiro atoms. The largest absolute Gasteiger partial charge is 0.442 e. The van der Waals surface area contributed by atoms with Crippen molar-refractivity contribution in [3.8, 4) is 0 Å². The molecule has 0 fully saturated rings. The highest BCUT2D eigenvalue weighted by atomic mass is 16.6. The van der Waals surface area contributed by atoms with Crippen molar-refractivity contribution in [2.45, 2.75) is 58.7 Å². The van der Waals surface area contributed by atoms with E-state index in [4.69, 9.17) is 10.5 Å². The normalized spacial score (nSPS) is 14.5. The van der Waals surface area contributed by atoms with Crippen LogP contribution in [0, 0.1) is 0 Å². The Morgan fingerprint density at radius 1 is 1.35 bits per heavy atom. The lowest BCUT2D eigenvalue weighted by Gasteiger charge is -2.22. The molecule has 0 aliphatic heterocycles. The summed E-state index contributed by atoms with van der Waals surface area (Å²) < 4.78 is 5.39. The van der Waals surface area contributed by atoms with Gasteiger partial charge < -0.3 is 15.8 Å². The Bertz CT molecular complexity index is 450. The first-order chi connectivity index (χ1) is 9.17. The lowest BCUT2D eigenvalue weighted by atomic mass is 10.0. The number of ether oxygens (including phenoxy) is 1. The molecule has 112 valence electrons. The molecule has 0 aliphatic carbocycles. The van der Waals surface area contributed by atoms with Crippen LogP contribution in [0.3, 0.4) is 0 Å². The van der Waals surface area contributed by atoms with Crippen LogP contribution in [0.5, 0.6) is 0 Å². The molecule has 0 saturated carbocycles.